The fraction of sp³-hybridized carbons (Fsp3) is 0.316. The zero-order chi connectivity index (χ0) is 20.1. The van der Waals surface area contributed by atoms with Crippen LogP contribution in [0.25, 0.3) is 0 Å². The van der Waals surface area contributed by atoms with E-state index in [9.17, 15) is 13.6 Å². The van der Waals surface area contributed by atoms with Gasteiger partial charge in [0.05, 0.1) is 6.54 Å². The highest BCUT2D eigenvalue weighted by Gasteiger charge is 2.27. The van der Waals surface area contributed by atoms with E-state index in [1.165, 1.54) is 24.3 Å². The Balaban J connectivity index is 1.45. The van der Waals surface area contributed by atoms with Gasteiger partial charge in [-0.3, -0.25) is 9.69 Å². The van der Waals surface area contributed by atoms with Crippen LogP contribution in [0.2, 0.25) is 5.02 Å². The molecule has 3 rings (SSSR count). The minimum Gasteiger partial charge on any atom is -0.420 e. The van der Waals surface area contributed by atoms with E-state index in [-0.39, 0.29) is 18.2 Å². The van der Waals surface area contributed by atoms with Crippen molar-refractivity contribution in [1.82, 2.24) is 4.90 Å². The molecule has 2 aromatic carbocycles. The Morgan fingerprint density at radius 1 is 1.04 bits per heavy atom. The molecule has 0 unspecified atom stereocenters. The molecular weight excluding hydrogens is 411 g/mol. The van der Waals surface area contributed by atoms with Gasteiger partial charge in [0.15, 0.2) is 0 Å². The summed E-state index contributed by atoms with van der Waals surface area (Å²) in [6, 6.07) is 13.3. The molecule has 28 heavy (non-hydrogen) atoms. The van der Waals surface area contributed by atoms with Gasteiger partial charge in [0, 0.05) is 54.2 Å². The van der Waals surface area contributed by atoms with E-state index in [2.05, 4.69) is 19.9 Å². The molecule has 0 aliphatic carbocycles. The van der Waals surface area contributed by atoms with Crippen LogP contribution in [-0.4, -0.2) is 49.1 Å². The van der Waals surface area contributed by atoms with Crippen molar-refractivity contribution in [3.8, 4) is 5.75 Å². The number of piperazine rings is 1. The maximum Gasteiger partial charge on any atom is 0.487 e. The molecule has 0 spiro atoms. The molecule has 1 heterocycles. The van der Waals surface area contributed by atoms with Crippen molar-refractivity contribution in [3.63, 3.8) is 0 Å². The van der Waals surface area contributed by atoms with E-state index >= 15 is 0 Å². The molecule has 2 aromatic rings. The predicted octanol–water partition coefficient (Wildman–Crippen LogP) is 4.27. The van der Waals surface area contributed by atoms with Gasteiger partial charge in [-0.25, -0.2) is 0 Å². The number of halogens is 4. The molecule has 0 bridgehead atoms. The van der Waals surface area contributed by atoms with Gasteiger partial charge >= 0.3 is 5.57 Å². The number of alkyl halides is 3. The molecule has 9 heteroatoms. The van der Waals surface area contributed by atoms with Crippen LogP contribution in [-0.2, 0) is 4.79 Å². The second-order valence-electron chi connectivity index (χ2n) is 6.36. The second-order valence-corrected chi connectivity index (χ2v) is 7.24. The van der Waals surface area contributed by atoms with Gasteiger partial charge < -0.3 is 15.0 Å². The van der Waals surface area contributed by atoms with E-state index in [4.69, 9.17) is 23.2 Å². The number of rotatable bonds is 6. The number of anilines is 2. The number of ether oxygens (including phenoxy) is 1. The first-order valence-electron chi connectivity index (χ1n) is 8.67. The van der Waals surface area contributed by atoms with E-state index < -0.39 is 5.57 Å². The lowest BCUT2D eigenvalue weighted by molar-refractivity contribution is -0.117. The maximum absolute atomic E-state index is 12.6. The van der Waals surface area contributed by atoms with Crippen molar-refractivity contribution in [1.29, 1.82) is 0 Å². The molecule has 5 nitrogen and oxygen atoms in total. The fourth-order valence-corrected chi connectivity index (χ4v) is 3.17. The molecule has 150 valence electrons. The molecule has 1 fully saturated rings. The average Bonchev–Trinajstić information content (AvgIpc) is 2.63. The quantitative estimate of drug-likeness (QED) is 0.696. The van der Waals surface area contributed by atoms with Gasteiger partial charge in [0.25, 0.3) is 0 Å². The van der Waals surface area contributed by atoms with Gasteiger partial charge in [0.1, 0.15) is 5.75 Å². The van der Waals surface area contributed by atoms with Crippen molar-refractivity contribution in [3.05, 3.63) is 53.6 Å². The Morgan fingerprint density at radius 2 is 1.64 bits per heavy atom. The first-order chi connectivity index (χ1) is 13.3. The molecule has 1 amide bonds. The normalized spacial score (nSPS) is 15.4. The number of hydrogen-bond acceptors (Lipinski definition) is 4. The van der Waals surface area contributed by atoms with E-state index in [0.717, 1.165) is 31.9 Å². The fourth-order valence-electron chi connectivity index (χ4n) is 2.96. The topological polar surface area (TPSA) is 44.8 Å². The van der Waals surface area contributed by atoms with E-state index in [0.29, 0.717) is 10.7 Å². The summed E-state index contributed by atoms with van der Waals surface area (Å²) in [5.41, 5.74) is -2.16. The molecule has 1 aliphatic heterocycles. The number of nitrogens with zero attached hydrogens (tertiary/aromatic N) is 2. The monoisotopic (exact) mass is 429 g/mol. The second kappa shape index (κ2) is 8.94. The van der Waals surface area contributed by atoms with Crippen molar-refractivity contribution >= 4 is 40.5 Å². The summed E-state index contributed by atoms with van der Waals surface area (Å²) in [4.78, 5) is 16.5. The maximum atomic E-state index is 12.6. The Morgan fingerprint density at radius 3 is 2.21 bits per heavy atom. The number of carbonyl (C=O) groups is 1. The number of nitrogens with one attached hydrogen (secondary N) is 1. The molecule has 1 saturated heterocycles. The minimum atomic E-state index is -3.76. The van der Waals surface area contributed by atoms with Crippen LogP contribution >= 0.6 is 23.2 Å². The van der Waals surface area contributed by atoms with E-state index in [1.807, 2.05) is 24.3 Å². The summed E-state index contributed by atoms with van der Waals surface area (Å²) in [6.07, 6.45) is 0. The van der Waals surface area contributed by atoms with Gasteiger partial charge in [-0.1, -0.05) is 11.6 Å². The van der Waals surface area contributed by atoms with E-state index in [1.54, 1.807) is 0 Å². The predicted molar refractivity (Wildman–Crippen MR) is 107 cm³/mol. The van der Waals surface area contributed by atoms with Crippen molar-refractivity contribution in [2.45, 2.75) is 5.57 Å². The smallest absolute Gasteiger partial charge is 0.420 e. The Hall–Kier alpha value is -2.09. The SMILES string of the molecule is O=C(CN1CCN(c2ccc(Cl)cc2)CC1)Nc1ccc(OC(F)(F)Cl)cc1. The third-order valence-electron chi connectivity index (χ3n) is 4.30. The van der Waals surface area contributed by atoms with Crippen molar-refractivity contribution in [2.24, 2.45) is 0 Å². The third kappa shape index (κ3) is 6.22. The van der Waals surface area contributed by atoms with Gasteiger partial charge in [-0.05, 0) is 48.5 Å². The molecular formula is C19H19Cl2F2N3O2. The van der Waals surface area contributed by atoms with Crippen molar-refractivity contribution in [2.75, 3.05) is 42.9 Å². The summed E-state index contributed by atoms with van der Waals surface area (Å²) >= 11 is 10.6. The van der Waals surface area contributed by atoms with Gasteiger partial charge in [-0.2, -0.15) is 0 Å². The highest BCUT2D eigenvalue weighted by molar-refractivity contribution is 6.30. The number of hydrogen-bond donors (Lipinski definition) is 1. The minimum absolute atomic E-state index is 0.0867. The standard InChI is InChI=1S/C19H19Cl2F2N3O2/c20-14-1-5-16(6-2-14)26-11-9-25(10-12-26)13-18(27)24-15-3-7-17(8-4-15)28-19(21,22)23/h1-8H,9-13H2,(H,24,27). The Labute approximate surface area is 171 Å². The van der Waals surface area contributed by atoms with Gasteiger partial charge in [-0.15, -0.1) is 8.78 Å². The molecule has 1 N–H and O–H groups in total. The zero-order valence-electron chi connectivity index (χ0n) is 14.9. The molecule has 0 atom stereocenters. The highest BCUT2D eigenvalue weighted by atomic mass is 35.5. The first kappa shape index (κ1) is 20.6. The summed E-state index contributed by atoms with van der Waals surface area (Å²) in [6.45, 7) is 3.40. The summed E-state index contributed by atoms with van der Waals surface area (Å²) in [5, 5.41) is 3.45. The largest absolute Gasteiger partial charge is 0.487 e. The lowest BCUT2D eigenvalue weighted by Crippen LogP contribution is -2.48. The van der Waals surface area contributed by atoms with Crippen LogP contribution in [0.4, 0.5) is 20.2 Å². The van der Waals surface area contributed by atoms with Crippen LogP contribution in [0.3, 0.4) is 0 Å². The lowest BCUT2D eigenvalue weighted by Gasteiger charge is -2.35. The molecule has 1 aliphatic rings. The lowest BCUT2D eigenvalue weighted by atomic mass is 10.2. The van der Waals surface area contributed by atoms with Crippen LogP contribution in [0.5, 0.6) is 5.75 Å². The number of amides is 1. The van der Waals surface area contributed by atoms with Crippen LogP contribution in [0.15, 0.2) is 48.5 Å². The first-order valence-corrected chi connectivity index (χ1v) is 9.43. The number of carbonyl (C=O) groups excluding carboxylic acids is 1. The Kier molecular flexibility index (Phi) is 6.59. The zero-order valence-corrected chi connectivity index (χ0v) is 16.4. The van der Waals surface area contributed by atoms with Crippen LogP contribution in [0.1, 0.15) is 0 Å². The third-order valence-corrected chi connectivity index (χ3v) is 4.63. The average molecular weight is 430 g/mol. The van der Waals surface area contributed by atoms with Crippen LogP contribution < -0.4 is 15.0 Å². The molecule has 0 radical (unpaired) electrons. The van der Waals surface area contributed by atoms with Crippen molar-refractivity contribution < 1.29 is 18.3 Å². The summed E-state index contributed by atoms with van der Waals surface area (Å²) < 4.78 is 29.4. The Bertz CT molecular complexity index is 790. The summed E-state index contributed by atoms with van der Waals surface area (Å²) in [5.74, 6) is -0.257. The molecule has 0 aromatic heterocycles. The number of benzene rings is 2. The van der Waals surface area contributed by atoms with Gasteiger partial charge in [0.2, 0.25) is 5.91 Å². The van der Waals surface area contributed by atoms with Crippen LogP contribution in [0, 0.1) is 0 Å². The summed E-state index contributed by atoms with van der Waals surface area (Å²) in [7, 11) is 0. The molecule has 0 saturated carbocycles. The highest BCUT2D eigenvalue weighted by Crippen LogP contribution is 2.26.